The molecule has 12 amide bonds. The van der Waals surface area contributed by atoms with Gasteiger partial charge in [-0.05, 0) is 121 Å². The van der Waals surface area contributed by atoms with Gasteiger partial charge in [-0.3, -0.25) is 57.5 Å². The van der Waals surface area contributed by atoms with Gasteiger partial charge < -0.3 is 70.7 Å². The number of rotatable bonds is 17. The van der Waals surface area contributed by atoms with Gasteiger partial charge in [0.2, 0.25) is 70.9 Å². The smallest absolute Gasteiger partial charge is 0.247 e. The fraction of sp³-hybridized carbons (Fsp3) is 0.688. The lowest BCUT2D eigenvalue weighted by molar-refractivity contribution is -0.153. The first kappa shape index (κ1) is 89.2. The van der Waals surface area contributed by atoms with Crippen LogP contribution in [0.4, 0.5) is 0 Å². The van der Waals surface area contributed by atoms with Crippen molar-refractivity contribution in [3.63, 3.8) is 0 Å². The minimum Gasteiger partial charge on any atom is -0.391 e. The van der Waals surface area contributed by atoms with E-state index in [9.17, 15) is 48.3 Å². The van der Waals surface area contributed by atoms with E-state index < -0.39 is 161 Å². The molecule has 103 heavy (non-hydrogen) atoms. The maximum atomic E-state index is 15.3. The first-order valence-electron chi connectivity index (χ1n) is 36.6. The van der Waals surface area contributed by atoms with Crippen molar-refractivity contribution in [2.75, 3.05) is 62.5 Å². The number of carbonyl (C=O) groups excluding carboxylic acids is 12. The molecular weight excluding hydrogens is 1320 g/mol. The monoisotopic (exact) mass is 1440 g/mol. The van der Waals surface area contributed by atoms with E-state index in [1.54, 1.807) is 71.9 Å². The third-order valence-corrected chi connectivity index (χ3v) is 19.3. The Balaban J connectivity index is 2.35. The number of ether oxygens (including phenoxy) is 1. The number of carbonyl (C=O) groups is 12. The zero-order valence-corrected chi connectivity index (χ0v) is 66.1. The van der Waals surface area contributed by atoms with Crippen LogP contribution in [0.5, 0.6) is 0 Å². The van der Waals surface area contributed by atoms with Crippen molar-refractivity contribution in [3.8, 4) is 0 Å². The molecule has 1 aliphatic rings. The number of nitrogens with one attached hydrogen (secondary N) is 5. The van der Waals surface area contributed by atoms with Crippen LogP contribution in [-0.4, -0.2) is 251 Å². The molecule has 0 radical (unpaired) electrons. The molecule has 1 saturated heterocycles. The summed E-state index contributed by atoms with van der Waals surface area (Å²) in [6.45, 7) is 29.3. The van der Waals surface area contributed by atoms with Crippen LogP contribution in [0.25, 0.3) is 0 Å². The number of benzene rings is 2. The van der Waals surface area contributed by atoms with Crippen LogP contribution in [0.2, 0.25) is 0 Å². The second-order valence-electron chi connectivity index (χ2n) is 31.2. The van der Waals surface area contributed by atoms with Crippen molar-refractivity contribution in [3.05, 3.63) is 71.8 Å². The molecule has 1 fully saturated rings. The average Bonchev–Trinajstić information content (AvgIpc) is 0.817. The highest BCUT2D eigenvalue weighted by molar-refractivity contribution is 5.99. The highest BCUT2D eigenvalue weighted by Crippen LogP contribution is 2.24. The number of nitrogens with zero attached hydrogens (tertiary/aromatic N) is 7. The molecule has 0 aromatic heterocycles. The molecule has 14 atom stereocenters. The quantitative estimate of drug-likeness (QED) is 0.124. The standard InChI is InChI=1S/C77H126N12O14/c1-25-49(10)65-76(102)85(20)52(13)72(98)86(21)61(38-47(6)7)68(94)81-59(44-103-77(15,16)17)75(101)88(23)60(37-46(4)5)67(93)78-50(11)40-63(91)84(19)51(12)71(97)83(18)43-56(41-54-32-28-26-29-33-54)66(92)79-57(36-45(2)3)73(99)87(22)62(39-48(8)9)69(95)82-64(53(14)90)70(96)80-58(74(100)89(65)24)42-55-34-30-27-31-35-55/h26-35,45-53,56-62,64-65,90H,25,36-44H2,1-24H3,(H,78,93)(H,79,92)(H,80,96)(H,81,94)(H,82,95)/t49-,50-,51-,52-,53+,56+,57-,58-,59-,60-,61-,62-,64-,65-/m0/s1. The highest BCUT2D eigenvalue weighted by Gasteiger charge is 2.44. The second-order valence-corrected chi connectivity index (χ2v) is 31.2. The molecule has 0 unspecified atom stereocenters. The molecular formula is C77H126N12O14. The number of hydrogen-bond donors (Lipinski definition) is 6. The average molecular weight is 1440 g/mol. The summed E-state index contributed by atoms with van der Waals surface area (Å²) < 4.78 is 6.16. The Morgan fingerprint density at radius 1 is 0.456 bits per heavy atom. The van der Waals surface area contributed by atoms with Gasteiger partial charge in [-0.15, -0.1) is 0 Å². The topological polar surface area (TPSA) is 317 Å². The molecule has 3 rings (SSSR count). The van der Waals surface area contributed by atoms with Crippen LogP contribution < -0.4 is 26.6 Å². The molecule has 2 aromatic rings. The molecule has 26 nitrogen and oxygen atoms in total. The lowest BCUT2D eigenvalue weighted by Gasteiger charge is -2.39. The first-order valence-corrected chi connectivity index (χ1v) is 36.6. The maximum Gasteiger partial charge on any atom is 0.247 e. The number of hydrogen-bond acceptors (Lipinski definition) is 14. The fourth-order valence-electron chi connectivity index (χ4n) is 12.7. The summed E-state index contributed by atoms with van der Waals surface area (Å²) in [6, 6.07) is 4.11. The molecule has 26 heteroatoms. The zero-order chi connectivity index (χ0) is 78.4. The lowest BCUT2D eigenvalue weighted by atomic mass is 9.94. The Morgan fingerprint density at radius 3 is 1.32 bits per heavy atom. The predicted molar refractivity (Wildman–Crippen MR) is 397 cm³/mol. The summed E-state index contributed by atoms with van der Waals surface area (Å²) in [5.74, 6) is -10.3. The van der Waals surface area contributed by atoms with E-state index >= 15 is 14.4 Å². The number of likely N-dealkylation sites (N-methyl/N-ethyl adjacent to an activating group) is 7. The van der Waals surface area contributed by atoms with E-state index in [0.717, 1.165) is 5.56 Å². The summed E-state index contributed by atoms with van der Waals surface area (Å²) >= 11 is 0. The van der Waals surface area contributed by atoms with Gasteiger partial charge in [0.05, 0.1) is 24.2 Å². The van der Waals surface area contributed by atoms with Gasteiger partial charge in [0, 0.05) is 74.8 Å². The van der Waals surface area contributed by atoms with Crippen LogP contribution in [0.15, 0.2) is 60.7 Å². The van der Waals surface area contributed by atoms with Crippen LogP contribution >= 0.6 is 0 Å². The zero-order valence-electron chi connectivity index (χ0n) is 66.1. The van der Waals surface area contributed by atoms with Gasteiger partial charge in [0.25, 0.3) is 0 Å². The van der Waals surface area contributed by atoms with E-state index in [0.29, 0.717) is 12.0 Å². The van der Waals surface area contributed by atoms with Crippen molar-refractivity contribution in [1.29, 1.82) is 0 Å². The number of aliphatic hydroxyl groups excluding tert-OH is 1. The molecule has 1 aliphatic heterocycles. The summed E-state index contributed by atoms with van der Waals surface area (Å²) in [7, 11) is 10.1. The third-order valence-electron chi connectivity index (χ3n) is 19.3. The molecule has 0 aliphatic carbocycles. The predicted octanol–water partition coefficient (Wildman–Crippen LogP) is 4.82. The van der Waals surface area contributed by atoms with E-state index in [4.69, 9.17) is 4.74 Å². The lowest BCUT2D eigenvalue weighted by Crippen LogP contribution is -2.63. The van der Waals surface area contributed by atoms with Crippen molar-refractivity contribution in [2.24, 2.45) is 35.5 Å². The van der Waals surface area contributed by atoms with Crippen molar-refractivity contribution < 1.29 is 67.4 Å². The molecule has 6 N–H and O–H groups in total. The minimum absolute atomic E-state index is 0.0666. The molecule has 1 heterocycles. The van der Waals surface area contributed by atoms with Crippen LogP contribution in [-0.2, 0) is 75.1 Å². The highest BCUT2D eigenvalue weighted by atomic mass is 16.5. The molecule has 578 valence electrons. The van der Waals surface area contributed by atoms with Crippen molar-refractivity contribution >= 4 is 70.9 Å². The molecule has 0 spiro atoms. The first-order chi connectivity index (χ1) is 47.8. The Labute approximate surface area is 613 Å². The van der Waals surface area contributed by atoms with Crippen LogP contribution in [0.3, 0.4) is 0 Å². The Bertz CT molecular complexity index is 3160. The Morgan fingerprint density at radius 2 is 0.864 bits per heavy atom. The van der Waals surface area contributed by atoms with Gasteiger partial charge >= 0.3 is 0 Å². The van der Waals surface area contributed by atoms with Crippen molar-refractivity contribution in [2.45, 2.75) is 247 Å². The second kappa shape index (κ2) is 40.9. The summed E-state index contributed by atoms with van der Waals surface area (Å²) in [5, 5.41) is 25.6. The minimum atomic E-state index is -1.71. The SMILES string of the molecule is CC[C@H](C)[C@H]1C(=O)N(C)[C@@H](C)C(=O)N(C)[C@@H](CC(C)C)C(=O)N[C@@H](COC(C)(C)C)C(=O)N(C)[C@@H](CC(C)C)C(=O)N[C@@H](C)CC(=O)N(C)[C@@H](C)C(=O)N(C)C[C@@H](Cc2ccccc2)C(=O)N[C@@H](CC(C)C)C(=O)N(C)[C@@H](CC(C)C)C(=O)N[C@@H]([C@@H](C)O)C(=O)N[C@@H](Cc2ccccc2)C(=O)N1C. The summed E-state index contributed by atoms with van der Waals surface area (Å²) in [4.78, 5) is 187. The van der Waals surface area contributed by atoms with Crippen LogP contribution in [0, 0.1) is 35.5 Å². The largest absolute Gasteiger partial charge is 0.391 e. The van der Waals surface area contributed by atoms with Crippen LogP contribution in [0.1, 0.15) is 167 Å². The van der Waals surface area contributed by atoms with Gasteiger partial charge in [-0.2, -0.15) is 0 Å². The van der Waals surface area contributed by atoms with E-state index in [1.807, 2.05) is 92.6 Å². The van der Waals surface area contributed by atoms with Crippen molar-refractivity contribution in [1.82, 2.24) is 60.9 Å². The number of aliphatic hydroxyl groups is 1. The number of amides is 12. The Hall–Kier alpha value is -8.00. The van der Waals surface area contributed by atoms with E-state index in [2.05, 4.69) is 26.6 Å². The molecule has 0 bridgehead atoms. The van der Waals surface area contributed by atoms with E-state index in [1.165, 1.54) is 97.5 Å². The normalized spacial score (nSPS) is 26.2. The summed E-state index contributed by atoms with van der Waals surface area (Å²) in [5.41, 5.74) is 0.548. The molecule has 0 saturated carbocycles. The van der Waals surface area contributed by atoms with Gasteiger partial charge in [0.15, 0.2) is 0 Å². The van der Waals surface area contributed by atoms with Gasteiger partial charge in [-0.25, -0.2) is 0 Å². The maximum absolute atomic E-state index is 15.3. The van der Waals surface area contributed by atoms with Gasteiger partial charge in [0.1, 0.15) is 60.4 Å². The van der Waals surface area contributed by atoms with Gasteiger partial charge in [-0.1, -0.05) is 136 Å². The molecule has 2 aromatic carbocycles. The fourth-order valence-corrected chi connectivity index (χ4v) is 12.7. The third kappa shape index (κ3) is 26.9. The summed E-state index contributed by atoms with van der Waals surface area (Å²) in [6.07, 6.45) is -1.00. The van der Waals surface area contributed by atoms with E-state index in [-0.39, 0.29) is 81.8 Å². The Kier molecular flexibility index (Phi) is 35.4.